The Bertz CT molecular complexity index is 1110. The van der Waals surface area contributed by atoms with Gasteiger partial charge in [-0.05, 0) is 50.9 Å². The van der Waals surface area contributed by atoms with E-state index in [9.17, 15) is 4.79 Å². The van der Waals surface area contributed by atoms with E-state index >= 15 is 0 Å². The molecule has 4 rings (SSSR count). The zero-order chi connectivity index (χ0) is 17.2. The second-order valence-corrected chi connectivity index (χ2v) is 5.99. The smallest absolute Gasteiger partial charge is 0.335 e. The molecule has 0 saturated heterocycles. The van der Waals surface area contributed by atoms with Gasteiger partial charge in [0.2, 0.25) is 0 Å². The fraction of sp³-hybridized carbons (Fsp3) is 0. The monoisotopic (exact) mass is 324 g/mol. The molecule has 2 heteroatoms. The largest absolute Gasteiger partial charge is 0.478 e. The number of carbonyl (C=O) groups is 1. The van der Waals surface area contributed by atoms with Gasteiger partial charge in [-0.2, -0.15) is 0 Å². The van der Waals surface area contributed by atoms with Crippen LogP contribution in [0.25, 0.3) is 33.7 Å². The average Bonchev–Trinajstić information content (AvgIpc) is 2.66. The lowest BCUT2D eigenvalue weighted by Crippen LogP contribution is -1.94. The second-order valence-electron chi connectivity index (χ2n) is 5.99. The normalized spacial score (nSPS) is 11.4. The Morgan fingerprint density at radius 3 is 2.08 bits per heavy atom. The van der Waals surface area contributed by atoms with Crippen molar-refractivity contribution in [2.75, 3.05) is 0 Å². The van der Waals surface area contributed by atoms with Gasteiger partial charge >= 0.3 is 5.97 Å². The van der Waals surface area contributed by atoms with Crippen LogP contribution in [0.1, 0.15) is 21.5 Å². The molecule has 0 heterocycles. The van der Waals surface area contributed by atoms with Crippen molar-refractivity contribution in [1.29, 1.82) is 0 Å². The van der Waals surface area contributed by atoms with Crippen molar-refractivity contribution in [1.82, 2.24) is 0 Å². The summed E-state index contributed by atoms with van der Waals surface area (Å²) in [4.78, 5) is 10.9. The predicted molar refractivity (Wildman–Crippen MR) is 104 cm³/mol. The summed E-state index contributed by atoms with van der Waals surface area (Å²) in [5.41, 5.74) is 2.42. The van der Waals surface area contributed by atoms with Crippen molar-refractivity contribution in [3.05, 3.63) is 95.6 Å². The van der Waals surface area contributed by atoms with Gasteiger partial charge in [0.25, 0.3) is 0 Å². The van der Waals surface area contributed by atoms with E-state index in [0.717, 1.165) is 11.1 Å². The molecular formula is C23H16O2. The minimum absolute atomic E-state index is 0.299. The van der Waals surface area contributed by atoms with E-state index in [1.807, 2.05) is 18.2 Å². The molecule has 0 unspecified atom stereocenters. The molecule has 0 atom stereocenters. The number of rotatable bonds is 3. The lowest BCUT2D eigenvalue weighted by atomic mass is 9.96. The van der Waals surface area contributed by atoms with Crippen molar-refractivity contribution in [2.45, 2.75) is 0 Å². The zero-order valence-corrected chi connectivity index (χ0v) is 13.5. The first-order valence-electron chi connectivity index (χ1n) is 8.14. The van der Waals surface area contributed by atoms with Gasteiger partial charge in [-0.15, -0.1) is 0 Å². The van der Waals surface area contributed by atoms with Crippen LogP contribution < -0.4 is 0 Å². The van der Waals surface area contributed by atoms with Crippen molar-refractivity contribution < 1.29 is 9.90 Å². The van der Waals surface area contributed by atoms with Gasteiger partial charge < -0.3 is 5.11 Å². The molecule has 0 spiro atoms. The molecule has 0 aliphatic heterocycles. The fourth-order valence-electron chi connectivity index (χ4n) is 3.14. The topological polar surface area (TPSA) is 37.3 Å². The van der Waals surface area contributed by atoms with Crippen LogP contribution in [0.4, 0.5) is 0 Å². The van der Waals surface area contributed by atoms with E-state index < -0.39 is 5.97 Å². The Balaban J connectivity index is 1.81. The second kappa shape index (κ2) is 6.25. The van der Waals surface area contributed by atoms with Crippen molar-refractivity contribution in [2.24, 2.45) is 0 Å². The molecule has 120 valence electrons. The molecule has 0 amide bonds. The number of carboxylic acid groups (broad SMARTS) is 1. The van der Waals surface area contributed by atoms with Crippen LogP contribution in [0.5, 0.6) is 0 Å². The maximum atomic E-state index is 10.9. The Morgan fingerprint density at radius 2 is 1.36 bits per heavy atom. The first-order chi connectivity index (χ1) is 12.2. The molecular weight excluding hydrogens is 308 g/mol. The van der Waals surface area contributed by atoms with Crippen LogP contribution in [-0.4, -0.2) is 11.1 Å². The predicted octanol–water partition coefficient (Wildman–Crippen LogP) is 5.86. The standard InChI is InChI=1S/C23H16O2/c24-23(25)17-12-9-16(10-13-17)11-14-19-15-18-5-1-2-6-20(18)22-8-4-3-7-21(19)22/h1-15H,(H,24,25)/b14-11+. The average molecular weight is 324 g/mol. The van der Waals surface area contributed by atoms with Gasteiger partial charge in [0.05, 0.1) is 5.56 Å². The SMILES string of the molecule is O=C(O)c1ccc(/C=C/c2cc3ccccc3c3ccccc23)cc1. The first-order valence-corrected chi connectivity index (χ1v) is 8.14. The number of aromatic carboxylic acids is 1. The molecule has 4 aromatic rings. The van der Waals surface area contributed by atoms with E-state index in [-0.39, 0.29) is 0 Å². The number of carboxylic acids is 1. The number of benzene rings is 4. The van der Waals surface area contributed by atoms with Crippen LogP contribution in [0, 0.1) is 0 Å². The molecule has 0 bridgehead atoms. The molecule has 4 aromatic carbocycles. The summed E-state index contributed by atoms with van der Waals surface area (Å²) in [6.45, 7) is 0. The van der Waals surface area contributed by atoms with E-state index in [0.29, 0.717) is 5.56 Å². The summed E-state index contributed by atoms with van der Waals surface area (Å²) in [5.74, 6) is -0.906. The van der Waals surface area contributed by atoms with Crippen LogP contribution in [0.3, 0.4) is 0 Å². The molecule has 0 aliphatic carbocycles. The highest BCUT2D eigenvalue weighted by molar-refractivity contribution is 6.11. The van der Waals surface area contributed by atoms with Crippen molar-refractivity contribution in [3.8, 4) is 0 Å². The summed E-state index contributed by atoms with van der Waals surface area (Å²) < 4.78 is 0. The molecule has 0 aromatic heterocycles. The highest BCUT2D eigenvalue weighted by Gasteiger charge is 2.04. The molecule has 0 saturated carbocycles. The van der Waals surface area contributed by atoms with Gasteiger partial charge in [-0.1, -0.05) is 72.8 Å². The third-order valence-electron chi connectivity index (χ3n) is 4.41. The van der Waals surface area contributed by atoms with E-state index in [2.05, 4.69) is 60.7 Å². The summed E-state index contributed by atoms with van der Waals surface area (Å²) in [6, 6.07) is 25.9. The number of fused-ring (bicyclic) bond motifs is 3. The quantitative estimate of drug-likeness (QED) is 0.378. The van der Waals surface area contributed by atoms with Crippen LogP contribution in [-0.2, 0) is 0 Å². The lowest BCUT2D eigenvalue weighted by Gasteiger charge is -2.07. The minimum Gasteiger partial charge on any atom is -0.478 e. The third-order valence-corrected chi connectivity index (χ3v) is 4.41. The minimum atomic E-state index is -0.906. The fourth-order valence-corrected chi connectivity index (χ4v) is 3.14. The number of hydrogen-bond donors (Lipinski definition) is 1. The summed E-state index contributed by atoms with van der Waals surface area (Å²) in [5, 5.41) is 13.9. The van der Waals surface area contributed by atoms with Crippen molar-refractivity contribution >= 4 is 39.7 Å². The molecule has 0 aliphatic rings. The van der Waals surface area contributed by atoms with Crippen LogP contribution >= 0.6 is 0 Å². The maximum Gasteiger partial charge on any atom is 0.335 e. The van der Waals surface area contributed by atoms with Gasteiger partial charge in [0.15, 0.2) is 0 Å². The van der Waals surface area contributed by atoms with Gasteiger partial charge in [-0.25, -0.2) is 4.79 Å². The van der Waals surface area contributed by atoms with Gasteiger partial charge in [0, 0.05) is 0 Å². The molecule has 2 nitrogen and oxygen atoms in total. The Kier molecular flexibility index (Phi) is 3.79. The lowest BCUT2D eigenvalue weighted by molar-refractivity contribution is 0.0697. The highest BCUT2D eigenvalue weighted by atomic mass is 16.4. The molecule has 0 radical (unpaired) electrons. The van der Waals surface area contributed by atoms with Crippen LogP contribution in [0.2, 0.25) is 0 Å². The van der Waals surface area contributed by atoms with Crippen molar-refractivity contribution in [3.63, 3.8) is 0 Å². The summed E-state index contributed by atoms with van der Waals surface area (Å²) in [6.07, 6.45) is 4.10. The Labute approximate surface area is 145 Å². The molecule has 25 heavy (non-hydrogen) atoms. The van der Waals surface area contributed by atoms with E-state index in [1.54, 1.807) is 12.1 Å². The summed E-state index contributed by atoms with van der Waals surface area (Å²) >= 11 is 0. The Morgan fingerprint density at radius 1 is 0.720 bits per heavy atom. The van der Waals surface area contributed by atoms with E-state index in [1.165, 1.54) is 21.5 Å². The molecule has 1 N–H and O–H groups in total. The first kappa shape index (κ1) is 15.2. The van der Waals surface area contributed by atoms with Gasteiger partial charge in [0.1, 0.15) is 0 Å². The van der Waals surface area contributed by atoms with Gasteiger partial charge in [-0.3, -0.25) is 0 Å². The highest BCUT2D eigenvalue weighted by Crippen LogP contribution is 2.29. The Hall–Kier alpha value is -3.39. The summed E-state index contributed by atoms with van der Waals surface area (Å²) in [7, 11) is 0. The van der Waals surface area contributed by atoms with Crippen LogP contribution in [0.15, 0.2) is 78.9 Å². The number of hydrogen-bond acceptors (Lipinski definition) is 1. The zero-order valence-electron chi connectivity index (χ0n) is 13.5. The third kappa shape index (κ3) is 2.90. The molecule has 0 fully saturated rings. The maximum absolute atomic E-state index is 10.9. The van der Waals surface area contributed by atoms with E-state index in [4.69, 9.17) is 5.11 Å².